The van der Waals surface area contributed by atoms with Crippen LogP contribution in [-0.4, -0.2) is 25.0 Å². The van der Waals surface area contributed by atoms with Gasteiger partial charge in [0, 0.05) is 6.54 Å². The Morgan fingerprint density at radius 1 is 1.37 bits per heavy atom. The Hall–Kier alpha value is -1.46. The molecule has 4 nitrogen and oxygen atoms in total. The summed E-state index contributed by atoms with van der Waals surface area (Å²) in [6.07, 6.45) is 2.49. The van der Waals surface area contributed by atoms with Crippen LogP contribution in [0.15, 0.2) is 12.1 Å². The van der Waals surface area contributed by atoms with Gasteiger partial charge in [0.15, 0.2) is 0 Å². The Balaban J connectivity index is 1.79. The number of hydrogen-bond acceptors (Lipinski definition) is 3. The lowest BCUT2D eigenvalue weighted by Gasteiger charge is -2.20. The largest absolute Gasteiger partial charge is 0.322 e. The SMILES string of the molecule is O=C(Nc1ccc2c(c1F)CCNC2)[C@@H]1CCCN1. The Bertz CT molecular complexity index is 498. The maximum absolute atomic E-state index is 14.3. The molecule has 0 spiro atoms. The first-order valence-corrected chi connectivity index (χ1v) is 6.81. The first-order valence-electron chi connectivity index (χ1n) is 6.81. The summed E-state index contributed by atoms with van der Waals surface area (Å²) in [6.45, 7) is 2.34. The number of hydrogen-bond donors (Lipinski definition) is 3. The van der Waals surface area contributed by atoms with Crippen LogP contribution in [0, 0.1) is 5.82 Å². The molecule has 1 fully saturated rings. The molecule has 1 amide bonds. The van der Waals surface area contributed by atoms with Crippen LogP contribution in [0.3, 0.4) is 0 Å². The molecule has 0 unspecified atom stereocenters. The van der Waals surface area contributed by atoms with E-state index in [0.29, 0.717) is 18.7 Å². The molecule has 3 N–H and O–H groups in total. The molecular weight excluding hydrogens is 245 g/mol. The maximum Gasteiger partial charge on any atom is 0.241 e. The normalized spacial score (nSPS) is 22.1. The summed E-state index contributed by atoms with van der Waals surface area (Å²) in [6, 6.07) is 3.37. The first-order chi connectivity index (χ1) is 9.25. The summed E-state index contributed by atoms with van der Waals surface area (Å²) < 4.78 is 14.3. The zero-order valence-corrected chi connectivity index (χ0v) is 10.8. The van der Waals surface area contributed by atoms with E-state index in [0.717, 1.165) is 37.1 Å². The van der Waals surface area contributed by atoms with Crippen LogP contribution in [0.1, 0.15) is 24.0 Å². The number of anilines is 1. The number of carbonyl (C=O) groups excluding carboxylic acids is 1. The monoisotopic (exact) mass is 263 g/mol. The van der Waals surface area contributed by atoms with E-state index in [9.17, 15) is 9.18 Å². The third-order valence-corrected chi connectivity index (χ3v) is 3.84. The third-order valence-electron chi connectivity index (χ3n) is 3.84. The quantitative estimate of drug-likeness (QED) is 0.750. The van der Waals surface area contributed by atoms with E-state index >= 15 is 0 Å². The average Bonchev–Trinajstić information content (AvgIpc) is 2.96. The smallest absolute Gasteiger partial charge is 0.241 e. The molecule has 2 aliphatic heterocycles. The fourth-order valence-corrected chi connectivity index (χ4v) is 2.76. The van der Waals surface area contributed by atoms with Gasteiger partial charge in [0.2, 0.25) is 5.91 Å². The molecule has 2 heterocycles. The predicted molar refractivity (Wildman–Crippen MR) is 71.5 cm³/mol. The minimum absolute atomic E-state index is 0.134. The number of carbonyl (C=O) groups is 1. The van der Waals surface area contributed by atoms with Gasteiger partial charge in [-0.3, -0.25) is 4.79 Å². The fraction of sp³-hybridized carbons (Fsp3) is 0.500. The van der Waals surface area contributed by atoms with E-state index in [1.807, 2.05) is 6.07 Å². The second kappa shape index (κ2) is 5.27. The molecule has 19 heavy (non-hydrogen) atoms. The molecule has 0 aliphatic carbocycles. The van der Waals surface area contributed by atoms with Crippen LogP contribution >= 0.6 is 0 Å². The number of amides is 1. The average molecular weight is 263 g/mol. The molecule has 0 aromatic heterocycles. The molecule has 1 atom stereocenters. The third kappa shape index (κ3) is 2.48. The summed E-state index contributed by atoms with van der Waals surface area (Å²) in [5, 5.41) is 9.03. The van der Waals surface area contributed by atoms with Crippen molar-refractivity contribution in [3.8, 4) is 0 Å². The van der Waals surface area contributed by atoms with Gasteiger partial charge in [-0.2, -0.15) is 0 Å². The van der Waals surface area contributed by atoms with Crippen LogP contribution in [0.4, 0.5) is 10.1 Å². The summed E-state index contributed by atoms with van der Waals surface area (Å²) in [5.74, 6) is -0.407. The number of rotatable bonds is 2. The van der Waals surface area contributed by atoms with Gasteiger partial charge in [0.1, 0.15) is 5.82 Å². The molecule has 3 rings (SSSR count). The Labute approximate surface area is 111 Å². The molecule has 1 saturated heterocycles. The standard InChI is InChI=1S/C14H18FN3O/c15-13-10-5-7-16-8-9(10)3-4-11(13)18-14(19)12-2-1-6-17-12/h3-4,12,16-17H,1-2,5-8H2,(H,18,19)/t12-/m0/s1. The van der Waals surface area contributed by atoms with E-state index < -0.39 is 0 Å². The summed E-state index contributed by atoms with van der Waals surface area (Å²) in [4.78, 5) is 12.0. The van der Waals surface area contributed by atoms with Crippen molar-refractivity contribution in [1.82, 2.24) is 10.6 Å². The lowest BCUT2D eigenvalue weighted by molar-refractivity contribution is -0.117. The predicted octanol–water partition coefficient (Wildman–Crippen LogP) is 1.16. The summed E-state index contributed by atoms with van der Waals surface area (Å²) in [7, 11) is 0. The zero-order chi connectivity index (χ0) is 13.2. The van der Waals surface area contributed by atoms with Crippen LogP contribution < -0.4 is 16.0 Å². The van der Waals surface area contributed by atoms with Crippen molar-refractivity contribution >= 4 is 11.6 Å². The lowest BCUT2D eigenvalue weighted by Crippen LogP contribution is -2.36. The van der Waals surface area contributed by atoms with Crippen LogP contribution in [0.25, 0.3) is 0 Å². The topological polar surface area (TPSA) is 53.2 Å². The minimum Gasteiger partial charge on any atom is -0.322 e. The van der Waals surface area contributed by atoms with Crippen LogP contribution in [-0.2, 0) is 17.8 Å². The van der Waals surface area contributed by atoms with E-state index in [4.69, 9.17) is 0 Å². The van der Waals surface area contributed by atoms with Crippen LogP contribution in [0.2, 0.25) is 0 Å². The Morgan fingerprint density at radius 3 is 3.05 bits per heavy atom. The summed E-state index contributed by atoms with van der Waals surface area (Å²) in [5.41, 5.74) is 2.02. The minimum atomic E-state index is -0.273. The van der Waals surface area contributed by atoms with Crippen molar-refractivity contribution in [3.05, 3.63) is 29.1 Å². The first kappa shape index (κ1) is 12.6. The van der Waals surface area contributed by atoms with Gasteiger partial charge in [0.25, 0.3) is 0 Å². The Kier molecular flexibility index (Phi) is 3.48. The van der Waals surface area contributed by atoms with Gasteiger partial charge in [-0.25, -0.2) is 4.39 Å². The van der Waals surface area contributed by atoms with Gasteiger partial charge in [-0.1, -0.05) is 6.07 Å². The molecule has 0 bridgehead atoms. The zero-order valence-electron chi connectivity index (χ0n) is 10.8. The number of halogens is 1. The van der Waals surface area contributed by atoms with Crippen molar-refractivity contribution in [1.29, 1.82) is 0 Å². The molecule has 0 saturated carbocycles. The van der Waals surface area contributed by atoms with Gasteiger partial charge < -0.3 is 16.0 Å². The fourth-order valence-electron chi connectivity index (χ4n) is 2.76. The molecule has 1 aromatic rings. The van der Waals surface area contributed by atoms with Crippen LogP contribution in [0.5, 0.6) is 0 Å². The van der Waals surface area contributed by atoms with Gasteiger partial charge in [-0.05, 0) is 49.5 Å². The van der Waals surface area contributed by atoms with Gasteiger partial charge >= 0.3 is 0 Å². The number of fused-ring (bicyclic) bond motifs is 1. The second-order valence-electron chi connectivity index (χ2n) is 5.13. The van der Waals surface area contributed by atoms with E-state index in [1.165, 1.54) is 0 Å². The summed E-state index contributed by atoms with van der Waals surface area (Å²) >= 11 is 0. The van der Waals surface area contributed by atoms with Crippen molar-refractivity contribution in [2.75, 3.05) is 18.4 Å². The molecule has 5 heteroatoms. The van der Waals surface area contributed by atoms with Crippen molar-refractivity contribution in [2.24, 2.45) is 0 Å². The van der Waals surface area contributed by atoms with E-state index in [1.54, 1.807) is 6.07 Å². The molecule has 2 aliphatic rings. The van der Waals surface area contributed by atoms with E-state index in [2.05, 4.69) is 16.0 Å². The van der Waals surface area contributed by atoms with Gasteiger partial charge in [0.05, 0.1) is 11.7 Å². The molecule has 1 aromatic carbocycles. The molecule has 0 radical (unpaired) electrons. The molecular formula is C14H18FN3O. The van der Waals surface area contributed by atoms with Gasteiger partial charge in [-0.15, -0.1) is 0 Å². The highest BCUT2D eigenvalue weighted by Gasteiger charge is 2.24. The maximum atomic E-state index is 14.3. The number of nitrogens with one attached hydrogen (secondary N) is 3. The Morgan fingerprint density at radius 2 is 2.26 bits per heavy atom. The number of benzene rings is 1. The highest BCUT2D eigenvalue weighted by atomic mass is 19.1. The van der Waals surface area contributed by atoms with Crippen molar-refractivity contribution < 1.29 is 9.18 Å². The van der Waals surface area contributed by atoms with Crippen molar-refractivity contribution in [2.45, 2.75) is 31.8 Å². The second-order valence-corrected chi connectivity index (χ2v) is 5.13. The lowest BCUT2D eigenvalue weighted by atomic mass is 9.99. The highest BCUT2D eigenvalue weighted by Crippen LogP contribution is 2.24. The highest BCUT2D eigenvalue weighted by molar-refractivity contribution is 5.95. The van der Waals surface area contributed by atoms with Crippen molar-refractivity contribution in [3.63, 3.8) is 0 Å². The van der Waals surface area contributed by atoms with E-state index in [-0.39, 0.29) is 17.8 Å². The molecule has 102 valence electrons.